The van der Waals surface area contributed by atoms with Gasteiger partial charge < -0.3 is 9.47 Å². The van der Waals surface area contributed by atoms with Gasteiger partial charge in [-0.15, -0.1) is 0 Å². The Morgan fingerprint density at radius 3 is 1.83 bits per heavy atom. The summed E-state index contributed by atoms with van der Waals surface area (Å²) in [6, 6.07) is 0. The van der Waals surface area contributed by atoms with E-state index in [1.165, 1.54) is 0 Å². The topological polar surface area (TPSA) is 18.5 Å². The summed E-state index contributed by atoms with van der Waals surface area (Å²) < 4.78 is 10.3. The number of hydrogen-bond donors (Lipinski definition) is 0. The van der Waals surface area contributed by atoms with Gasteiger partial charge in [0.25, 0.3) is 0 Å². The minimum Gasteiger partial charge on any atom is -0.493 e. The average molecular weight is 170 g/mol. The smallest absolute Gasteiger partial charge is 0.156 e. The molecule has 0 saturated heterocycles. The quantitative estimate of drug-likeness (QED) is 0.477. The summed E-state index contributed by atoms with van der Waals surface area (Å²) in [5, 5.41) is 0. The van der Waals surface area contributed by atoms with E-state index in [4.69, 9.17) is 9.47 Å². The summed E-state index contributed by atoms with van der Waals surface area (Å²) in [5.74, 6) is 2.05. The normalized spacial score (nSPS) is 13.5. The second-order valence-electron chi connectivity index (χ2n) is 2.84. The number of methoxy groups -OCH3 is 2. The van der Waals surface area contributed by atoms with Crippen LogP contribution in [0.25, 0.3) is 0 Å². The molecule has 70 valence electrons. The van der Waals surface area contributed by atoms with Gasteiger partial charge in [-0.3, -0.25) is 0 Å². The summed E-state index contributed by atoms with van der Waals surface area (Å²) in [7, 11) is 3.29. The van der Waals surface area contributed by atoms with Crippen molar-refractivity contribution in [3.05, 3.63) is 23.7 Å². The van der Waals surface area contributed by atoms with Crippen molar-refractivity contribution in [1.82, 2.24) is 0 Å². The molecule has 0 aromatic rings. The molecular weight excluding hydrogens is 152 g/mol. The van der Waals surface area contributed by atoms with Crippen LogP contribution in [0, 0.1) is 5.92 Å². The first-order valence-electron chi connectivity index (χ1n) is 4.12. The maximum absolute atomic E-state index is 5.17. The third kappa shape index (κ3) is 3.46. The fourth-order valence-electron chi connectivity index (χ4n) is 0.914. The number of allylic oxidation sites excluding steroid dienone is 2. The molecule has 0 aromatic heterocycles. The average Bonchev–Trinajstić information content (AvgIpc) is 2.04. The molecule has 0 fully saturated rings. The Labute approximate surface area is 74.9 Å². The van der Waals surface area contributed by atoms with E-state index in [0.717, 1.165) is 11.5 Å². The molecule has 0 aliphatic carbocycles. The lowest BCUT2D eigenvalue weighted by Crippen LogP contribution is -1.97. The highest BCUT2D eigenvalue weighted by atomic mass is 16.5. The fraction of sp³-hybridized carbons (Fsp3) is 0.600. The van der Waals surface area contributed by atoms with Crippen LogP contribution in [0.1, 0.15) is 20.8 Å². The lowest BCUT2D eigenvalue weighted by molar-refractivity contribution is 0.217. The van der Waals surface area contributed by atoms with Crippen molar-refractivity contribution < 1.29 is 9.47 Å². The summed E-state index contributed by atoms with van der Waals surface area (Å²) in [6.07, 6.45) is 3.91. The Balaban J connectivity index is 4.53. The van der Waals surface area contributed by atoms with Crippen LogP contribution in [-0.4, -0.2) is 14.2 Å². The summed E-state index contributed by atoms with van der Waals surface area (Å²) in [5.41, 5.74) is 0. The molecule has 2 heteroatoms. The molecule has 2 nitrogen and oxygen atoms in total. The van der Waals surface area contributed by atoms with E-state index >= 15 is 0 Å². The van der Waals surface area contributed by atoms with Gasteiger partial charge in [-0.2, -0.15) is 0 Å². The van der Waals surface area contributed by atoms with Crippen LogP contribution in [0.15, 0.2) is 23.7 Å². The van der Waals surface area contributed by atoms with E-state index in [0.29, 0.717) is 5.92 Å². The maximum Gasteiger partial charge on any atom is 0.156 e. The van der Waals surface area contributed by atoms with Gasteiger partial charge in [-0.05, 0) is 25.0 Å². The van der Waals surface area contributed by atoms with E-state index in [9.17, 15) is 0 Å². The monoisotopic (exact) mass is 170 g/mol. The van der Waals surface area contributed by atoms with Gasteiger partial charge in [0.05, 0.1) is 14.2 Å². The molecule has 0 bridgehead atoms. The fourth-order valence-corrected chi connectivity index (χ4v) is 0.914. The van der Waals surface area contributed by atoms with Crippen LogP contribution in [0.2, 0.25) is 0 Å². The van der Waals surface area contributed by atoms with Crippen LogP contribution >= 0.6 is 0 Å². The van der Waals surface area contributed by atoms with E-state index in [-0.39, 0.29) is 0 Å². The molecule has 0 aromatic carbocycles. The van der Waals surface area contributed by atoms with Crippen LogP contribution in [0.3, 0.4) is 0 Å². The first-order valence-corrected chi connectivity index (χ1v) is 4.12. The summed E-state index contributed by atoms with van der Waals surface area (Å²) >= 11 is 0. The molecule has 12 heavy (non-hydrogen) atoms. The van der Waals surface area contributed by atoms with Gasteiger partial charge in [0, 0.05) is 0 Å². The SMILES string of the molecule is C/C=C(OC)\C(=C/C(C)C)OC. The molecule has 0 heterocycles. The van der Waals surface area contributed by atoms with Crippen LogP contribution < -0.4 is 0 Å². The molecule has 0 unspecified atom stereocenters. The number of rotatable bonds is 4. The second-order valence-corrected chi connectivity index (χ2v) is 2.84. The highest BCUT2D eigenvalue weighted by molar-refractivity contribution is 5.19. The van der Waals surface area contributed by atoms with Crippen LogP contribution in [-0.2, 0) is 9.47 Å². The van der Waals surface area contributed by atoms with Crippen LogP contribution in [0.4, 0.5) is 0 Å². The van der Waals surface area contributed by atoms with Crippen molar-refractivity contribution in [2.24, 2.45) is 5.92 Å². The zero-order chi connectivity index (χ0) is 9.56. The largest absolute Gasteiger partial charge is 0.493 e. The summed E-state index contributed by atoms with van der Waals surface area (Å²) in [4.78, 5) is 0. The third-order valence-corrected chi connectivity index (χ3v) is 1.43. The molecule has 0 N–H and O–H groups in total. The molecule has 0 amide bonds. The zero-order valence-corrected chi connectivity index (χ0v) is 8.55. The van der Waals surface area contributed by atoms with Gasteiger partial charge in [-0.25, -0.2) is 0 Å². The van der Waals surface area contributed by atoms with E-state index in [2.05, 4.69) is 13.8 Å². The van der Waals surface area contributed by atoms with Crippen molar-refractivity contribution in [2.45, 2.75) is 20.8 Å². The number of ether oxygens (including phenoxy) is 2. The lowest BCUT2D eigenvalue weighted by Gasteiger charge is -2.10. The van der Waals surface area contributed by atoms with E-state index < -0.39 is 0 Å². The van der Waals surface area contributed by atoms with Gasteiger partial charge >= 0.3 is 0 Å². The highest BCUT2D eigenvalue weighted by Gasteiger charge is 2.04. The molecule has 0 radical (unpaired) electrons. The Morgan fingerprint density at radius 1 is 1.08 bits per heavy atom. The first-order chi connectivity index (χ1) is 5.65. The Kier molecular flexibility index (Phi) is 5.26. The summed E-state index contributed by atoms with van der Waals surface area (Å²) in [6.45, 7) is 6.12. The predicted octanol–water partition coefficient (Wildman–Crippen LogP) is 2.72. The van der Waals surface area contributed by atoms with Crippen molar-refractivity contribution in [1.29, 1.82) is 0 Å². The molecule has 0 saturated carbocycles. The molecule has 0 aliphatic heterocycles. The standard InChI is InChI=1S/C10H18O2/c1-6-9(11-4)10(12-5)7-8(2)3/h6-8H,1-5H3/b9-6+,10-7+. The van der Waals surface area contributed by atoms with Crippen molar-refractivity contribution >= 4 is 0 Å². The number of hydrogen-bond acceptors (Lipinski definition) is 2. The van der Waals surface area contributed by atoms with E-state index in [1.807, 2.05) is 19.1 Å². The molecule has 0 rings (SSSR count). The third-order valence-electron chi connectivity index (χ3n) is 1.43. The maximum atomic E-state index is 5.17. The molecule has 0 spiro atoms. The lowest BCUT2D eigenvalue weighted by atomic mass is 10.2. The van der Waals surface area contributed by atoms with Crippen molar-refractivity contribution in [2.75, 3.05) is 14.2 Å². The first kappa shape index (κ1) is 11.1. The Morgan fingerprint density at radius 2 is 1.58 bits per heavy atom. The Hall–Kier alpha value is -0.920. The zero-order valence-electron chi connectivity index (χ0n) is 8.55. The van der Waals surface area contributed by atoms with E-state index in [1.54, 1.807) is 14.2 Å². The van der Waals surface area contributed by atoms with Gasteiger partial charge in [0.2, 0.25) is 0 Å². The second kappa shape index (κ2) is 5.70. The van der Waals surface area contributed by atoms with Crippen molar-refractivity contribution in [3.63, 3.8) is 0 Å². The van der Waals surface area contributed by atoms with Gasteiger partial charge in [0.1, 0.15) is 0 Å². The van der Waals surface area contributed by atoms with Crippen LogP contribution in [0.5, 0.6) is 0 Å². The highest BCUT2D eigenvalue weighted by Crippen LogP contribution is 2.13. The Bertz CT molecular complexity index is 178. The minimum absolute atomic E-state index is 0.463. The molecule has 0 atom stereocenters. The molecule has 0 aliphatic rings. The molecular formula is C10H18O2. The minimum atomic E-state index is 0.463. The van der Waals surface area contributed by atoms with Gasteiger partial charge in [-0.1, -0.05) is 13.8 Å². The van der Waals surface area contributed by atoms with Gasteiger partial charge in [0.15, 0.2) is 11.5 Å². The predicted molar refractivity (Wildman–Crippen MR) is 50.7 cm³/mol. The van der Waals surface area contributed by atoms with Crippen molar-refractivity contribution in [3.8, 4) is 0 Å².